The molecule has 4 rings (SSSR count). The summed E-state index contributed by atoms with van der Waals surface area (Å²) >= 11 is 0. The lowest BCUT2D eigenvalue weighted by Crippen LogP contribution is -2.40. The van der Waals surface area contributed by atoms with Crippen molar-refractivity contribution in [3.63, 3.8) is 0 Å². The van der Waals surface area contributed by atoms with E-state index < -0.39 is 17.8 Å². The van der Waals surface area contributed by atoms with Gasteiger partial charge in [0.15, 0.2) is 0 Å². The standard InChI is InChI=1S/C21H24F3N5O2/c1-27-8-3-9-29-18(19(27)30)13-17(26-29)14-6-10-28(11-7-14)20(31)25-16-5-2-4-15(12-16)21(22,23)24/h2,4-5,12-14H,3,6-11H2,1H3,(H,25,31). The van der Waals surface area contributed by atoms with Gasteiger partial charge < -0.3 is 15.1 Å². The minimum Gasteiger partial charge on any atom is -0.340 e. The number of fused-ring (bicyclic) bond motifs is 1. The molecule has 0 bridgehead atoms. The van der Waals surface area contributed by atoms with E-state index in [0.29, 0.717) is 44.7 Å². The Kier molecular flexibility index (Phi) is 5.63. The van der Waals surface area contributed by atoms with Crippen molar-refractivity contribution >= 4 is 17.6 Å². The maximum atomic E-state index is 12.9. The first-order valence-corrected chi connectivity index (χ1v) is 10.3. The smallest absolute Gasteiger partial charge is 0.340 e. The Morgan fingerprint density at radius 3 is 2.58 bits per heavy atom. The van der Waals surface area contributed by atoms with E-state index in [2.05, 4.69) is 10.4 Å². The summed E-state index contributed by atoms with van der Waals surface area (Å²) in [4.78, 5) is 28.3. The van der Waals surface area contributed by atoms with E-state index in [9.17, 15) is 22.8 Å². The molecule has 1 aromatic heterocycles. The number of carbonyl (C=O) groups excluding carboxylic acids is 2. The van der Waals surface area contributed by atoms with Crippen LogP contribution in [0.2, 0.25) is 0 Å². The van der Waals surface area contributed by atoms with Gasteiger partial charge in [-0.1, -0.05) is 6.07 Å². The molecule has 1 saturated heterocycles. The van der Waals surface area contributed by atoms with Crippen LogP contribution < -0.4 is 5.32 Å². The molecule has 7 nitrogen and oxygen atoms in total. The van der Waals surface area contributed by atoms with E-state index >= 15 is 0 Å². The van der Waals surface area contributed by atoms with Crippen LogP contribution in [0.3, 0.4) is 0 Å². The Balaban J connectivity index is 1.37. The minimum absolute atomic E-state index is 0.0332. The highest BCUT2D eigenvalue weighted by Gasteiger charge is 2.31. The van der Waals surface area contributed by atoms with Crippen molar-refractivity contribution in [1.82, 2.24) is 19.6 Å². The summed E-state index contributed by atoms with van der Waals surface area (Å²) < 4.78 is 40.4. The van der Waals surface area contributed by atoms with E-state index in [1.54, 1.807) is 21.5 Å². The molecule has 0 unspecified atom stereocenters. The highest BCUT2D eigenvalue weighted by atomic mass is 19.4. The van der Waals surface area contributed by atoms with Gasteiger partial charge >= 0.3 is 12.2 Å². The second kappa shape index (κ2) is 8.24. The van der Waals surface area contributed by atoms with Gasteiger partial charge in [0.1, 0.15) is 5.69 Å². The number of rotatable bonds is 2. The molecule has 1 fully saturated rings. The van der Waals surface area contributed by atoms with Crippen LogP contribution in [0.1, 0.15) is 46.9 Å². The van der Waals surface area contributed by atoms with Gasteiger partial charge in [0, 0.05) is 44.8 Å². The topological polar surface area (TPSA) is 70.5 Å². The molecule has 31 heavy (non-hydrogen) atoms. The van der Waals surface area contributed by atoms with E-state index in [-0.39, 0.29) is 17.5 Å². The van der Waals surface area contributed by atoms with Crippen LogP contribution in [0.4, 0.5) is 23.7 Å². The average Bonchev–Trinajstić information content (AvgIpc) is 3.11. The van der Waals surface area contributed by atoms with Gasteiger partial charge in [-0.25, -0.2) is 4.79 Å². The Labute approximate surface area is 177 Å². The molecule has 0 aliphatic carbocycles. The number of aromatic nitrogens is 2. The predicted octanol–water partition coefficient (Wildman–Crippen LogP) is 3.79. The number of carbonyl (C=O) groups is 2. The Hall–Kier alpha value is -3.04. The lowest BCUT2D eigenvalue weighted by Gasteiger charge is -2.31. The first-order valence-electron chi connectivity index (χ1n) is 10.3. The quantitative estimate of drug-likeness (QED) is 0.780. The Morgan fingerprint density at radius 1 is 1.13 bits per heavy atom. The van der Waals surface area contributed by atoms with Crippen molar-refractivity contribution in [2.75, 3.05) is 32.0 Å². The number of piperidine rings is 1. The van der Waals surface area contributed by atoms with Crippen LogP contribution in [0.15, 0.2) is 30.3 Å². The van der Waals surface area contributed by atoms with Crippen LogP contribution in [0.25, 0.3) is 0 Å². The van der Waals surface area contributed by atoms with E-state index in [0.717, 1.165) is 24.2 Å². The van der Waals surface area contributed by atoms with Crippen LogP contribution in [0.5, 0.6) is 0 Å². The highest BCUT2D eigenvalue weighted by molar-refractivity contribution is 5.92. The first kappa shape index (κ1) is 21.2. The summed E-state index contributed by atoms with van der Waals surface area (Å²) in [6.45, 7) is 2.33. The van der Waals surface area contributed by atoms with E-state index in [1.807, 2.05) is 6.07 Å². The SMILES string of the molecule is CN1CCCn2nc(C3CCN(C(=O)Nc4cccc(C(F)(F)F)c4)CC3)cc2C1=O. The summed E-state index contributed by atoms with van der Waals surface area (Å²) in [5.41, 5.74) is 0.766. The van der Waals surface area contributed by atoms with Gasteiger partial charge in [0.25, 0.3) is 5.91 Å². The molecular formula is C21H24F3N5O2. The number of nitrogens with one attached hydrogen (secondary N) is 1. The fourth-order valence-corrected chi connectivity index (χ4v) is 4.09. The van der Waals surface area contributed by atoms with Gasteiger partial charge in [0.2, 0.25) is 0 Å². The Bertz CT molecular complexity index is 980. The van der Waals surface area contributed by atoms with Gasteiger partial charge in [0.05, 0.1) is 11.3 Å². The summed E-state index contributed by atoms with van der Waals surface area (Å²) in [5, 5.41) is 7.19. The molecule has 3 amide bonds. The molecule has 0 radical (unpaired) electrons. The molecule has 2 aliphatic heterocycles. The largest absolute Gasteiger partial charge is 0.416 e. The molecule has 1 N–H and O–H groups in total. The maximum Gasteiger partial charge on any atom is 0.416 e. The van der Waals surface area contributed by atoms with E-state index in [1.165, 1.54) is 12.1 Å². The number of hydrogen-bond donors (Lipinski definition) is 1. The number of likely N-dealkylation sites (tertiary alicyclic amines) is 1. The number of halogens is 3. The van der Waals surface area contributed by atoms with Crippen molar-refractivity contribution in [3.8, 4) is 0 Å². The van der Waals surface area contributed by atoms with Crippen molar-refractivity contribution in [1.29, 1.82) is 0 Å². The zero-order chi connectivity index (χ0) is 22.2. The zero-order valence-corrected chi connectivity index (χ0v) is 17.2. The molecule has 2 aliphatic rings. The average molecular weight is 435 g/mol. The molecule has 1 aromatic carbocycles. The van der Waals surface area contributed by atoms with Crippen molar-refractivity contribution in [2.45, 2.75) is 37.9 Å². The third-order valence-electron chi connectivity index (χ3n) is 5.87. The normalized spacial score (nSPS) is 18.0. The van der Waals surface area contributed by atoms with Crippen molar-refractivity contribution < 1.29 is 22.8 Å². The third-order valence-corrected chi connectivity index (χ3v) is 5.87. The highest BCUT2D eigenvalue weighted by Crippen LogP contribution is 2.31. The number of nitrogens with zero attached hydrogens (tertiary/aromatic N) is 4. The van der Waals surface area contributed by atoms with Gasteiger partial charge in [-0.2, -0.15) is 18.3 Å². The summed E-state index contributed by atoms with van der Waals surface area (Å²) in [6.07, 6.45) is -2.25. The number of aryl methyl sites for hydroxylation is 1. The van der Waals surface area contributed by atoms with Crippen LogP contribution in [0, 0.1) is 0 Å². The van der Waals surface area contributed by atoms with E-state index in [4.69, 9.17) is 0 Å². The molecular weight excluding hydrogens is 411 g/mol. The van der Waals surface area contributed by atoms with Gasteiger partial charge in [-0.05, 0) is 43.5 Å². The second-order valence-corrected chi connectivity index (χ2v) is 8.03. The molecule has 2 aromatic rings. The molecule has 10 heteroatoms. The molecule has 3 heterocycles. The summed E-state index contributed by atoms with van der Waals surface area (Å²) in [6, 6.07) is 6.04. The number of hydrogen-bond acceptors (Lipinski definition) is 3. The summed E-state index contributed by atoms with van der Waals surface area (Å²) in [7, 11) is 1.78. The minimum atomic E-state index is -4.46. The van der Waals surface area contributed by atoms with Gasteiger partial charge in [-0.3, -0.25) is 9.48 Å². The zero-order valence-electron chi connectivity index (χ0n) is 17.2. The predicted molar refractivity (Wildman–Crippen MR) is 108 cm³/mol. The fraction of sp³-hybridized carbons (Fsp3) is 0.476. The number of benzene rings is 1. The van der Waals surface area contributed by atoms with Crippen molar-refractivity contribution in [3.05, 3.63) is 47.3 Å². The van der Waals surface area contributed by atoms with Crippen LogP contribution in [-0.4, -0.2) is 58.2 Å². The first-order chi connectivity index (χ1) is 14.7. The van der Waals surface area contributed by atoms with Crippen LogP contribution >= 0.6 is 0 Å². The number of amides is 3. The molecule has 166 valence electrons. The second-order valence-electron chi connectivity index (χ2n) is 8.03. The molecule has 0 atom stereocenters. The lowest BCUT2D eigenvalue weighted by molar-refractivity contribution is -0.137. The Morgan fingerprint density at radius 2 is 1.87 bits per heavy atom. The lowest BCUT2D eigenvalue weighted by atomic mass is 9.93. The number of anilines is 1. The third kappa shape index (κ3) is 4.52. The van der Waals surface area contributed by atoms with Crippen molar-refractivity contribution in [2.24, 2.45) is 0 Å². The van der Waals surface area contributed by atoms with Gasteiger partial charge in [-0.15, -0.1) is 0 Å². The maximum absolute atomic E-state index is 12.9. The molecule has 0 spiro atoms. The molecule has 0 saturated carbocycles. The monoisotopic (exact) mass is 435 g/mol. The number of alkyl halides is 3. The number of urea groups is 1. The fourth-order valence-electron chi connectivity index (χ4n) is 4.09. The summed E-state index contributed by atoms with van der Waals surface area (Å²) in [5.74, 6) is 0.101. The van der Waals surface area contributed by atoms with Crippen LogP contribution in [-0.2, 0) is 12.7 Å².